The summed E-state index contributed by atoms with van der Waals surface area (Å²) in [5.74, 6) is 1.62. The summed E-state index contributed by atoms with van der Waals surface area (Å²) >= 11 is 0. The van der Waals surface area contributed by atoms with Crippen LogP contribution in [0.5, 0.6) is 11.6 Å². The molecule has 27 heavy (non-hydrogen) atoms. The highest BCUT2D eigenvalue weighted by Gasteiger charge is 2.22. The van der Waals surface area contributed by atoms with Gasteiger partial charge in [-0.1, -0.05) is 18.2 Å². The van der Waals surface area contributed by atoms with Crippen LogP contribution < -0.4 is 15.4 Å². The molecule has 3 heterocycles. The predicted octanol–water partition coefficient (Wildman–Crippen LogP) is 1.51. The number of para-hydroxylation sites is 1. The molecule has 4 rings (SSSR count). The van der Waals surface area contributed by atoms with Crippen molar-refractivity contribution in [3.05, 3.63) is 42.9 Å². The number of ether oxygens (including phenoxy) is 1. The van der Waals surface area contributed by atoms with Crippen LogP contribution >= 0.6 is 0 Å². The number of hydrogen-bond donors (Lipinski definition) is 2. The Hall–Kier alpha value is -2.97. The first-order chi connectivity index (χ1) is 13.3. The first-order valence-corrected chi connectivity index (χ1v) is 8.96. The van der Waals surface area contributed by atoms with Crippen molar-refractivity contribution in [2.75, 3.05) is 50.0 Å². The van der Waals surface area contributed by atoms with E-state index in [-0.39, 0.29) is 6.61 Å². The normalized spacial score (nSPS) is 15.2. The molecule has 1 aliphatic rings. The van der Waals surface area contributed by atoms with E-state index in [0.717, 1.165) is 37.1 Å². The van der Waals surface area contributed by atoms with Gasteiger partial charge >= 0.3 is 0 Å². The van der Waals surface area contributed by atoms with Crippen molar-refractivity contribution in [2.24, 2.45) is 0 Å². The average Bonchev–Trinajstić information content (AvgIpc) is 2.71. The maximum absolute atomic E-state index is 9.08. The van der Waals surface area contributed by atoms with Crippen LogP contribution in [0.15, 0.2) is 42.9 Å². The Kier molecular flexibility index (Phi) is 4.99. The Morgan fingerprint density at radius 1 is 1.04 bits per heavy atom. The summed E-state index contributed by atoms with van der Waals surface area (Å²) in [5, 5.41) is 10.1. The fourth-order valence-corrected chi connectivity index (χ4v) is 3.29. The van der Waals surface area contributed by atoms with Gasteiger partial charge in [0.15, 0.2) is 11.6 Å². The van der Waals surface area contributed by atoms with Gasteiger partial charge in [-0.15, -0.1) is 0 Å². The second kappa shape index (κ2) is 7.73. The molecular weight excluding hydrogens is 344 g/mol. The molecule has 8 heteroatoms. The SMILES string of the molecule is Nc1c(Oc2cccc3cccnc23)ncnc1N1CCN(CCO)CC1. The molecule has 8 nitrogen and oxygen atoms in total. The highest BCUT2D eigenvalue weighted by molar-refractivity contribution is 5.84. The predicted molar refractivity (Wildman–Crippen MR) is 104 cm³/mol. The van der Waals surface area contributed by atoms with Gasteiger partial charge in [-0.05, 0) is 12.1 Å². The number of nitrogens with zero attached hydrogens (tertiary/aromatic N) is 5. The number of pyridine rings is 1. The van der Waals surface area contributed by atoms with Gasteiger partial charge in [0, 0.05) is 44.3 Å². The van der Waals surface area contributed by atoms with Crippen LogP contribution in [-0.4, -0.2) is 64.3 Å². The summed E-state index contributed by atoms with van der Waals surface area (Å²) in [4.78, 5) is 17.3. The third kappa shape index (κ3) is 3.62. The van der Waals surface area contributed by atoms with Gasteiger partial charge in [0.25, 0.3) is 0 Å². The summed E-state index contributed by atoms with van der Waals surface area (Å²) < 4.78 is 6.00. The minimum absolute atomic E-state index is 0.173. The molecule has 0 unspecified atom stereocenters. The minimum Gasteiger partial charge on any atom is -0.435 e. The van der Waals surface area contributed by atoms with Gasteiger partial charge in [-0.2, -0.15) is 4.98 Å². The standard InChI is InChI=1S/C19H22N6O2/c20-16-18(25-9-7-24(8-10-25)11-12-26)22-13-23-19(16)27-15-5-1-3-14-4-2-6-21-17(14)15/h1-6,13,26H,7-12,20H2. The van der Waals surface area contributed by atoms with Crippen molar-refractivity contribution in [3.8, 4) is 11.6 Å². The molecule has 1 saturated heterocycles. The molecule has 0 saturated carbocycles. The van der Waals surface area contributed by atoms with E-state index >= 15 is 0 Å². The minimum atomic E-state index is 0.173. The average molecular weight is 366 g/mol. The van der Waals surface area contributed by atoms with Crippen molar-refractivity contribution >= 4 is 22.4 Å². The van der Waals surface area contributed by atoms with E-state index in [9.17, 15) is 0 Å². The molecule has 140 valence electrons. The monoisotopic (exact) mass is 366 g/mol. The molecule has 0 aliphatic carbocycles. The number of nitrogen functional groups attached to an aromatic ring is 1. The third-order valence-corrected chi connectivity index (χ3v) is 4.72. The Bertz CT molecular complexity index is 922. The van der Waals surface area contributed by atoms with Gasteiger partial charge < -0.3 is 20.5 Å². The number of hydrogen-bond acceptors (Lipinski definition) is 8. The second-order valence-corrected chi connectivity index (χ2v) is 6.40. The number of β-amino-alcohol motifs (C(OH)–C–C–N with tert-alkyl or cyclic N) is 1. The number of aromatic nitrogens is 3. The molecular formula is C19H22N6O2. The Labute approximate surface area is 157 Å². The van der Waals surface area contributed by atoms with Gasteiger partial charge in [0.1, 0.15) is 17.5 Å². The van der Waals surface area contributed by atoms with E-state index in [2.05, 4.69) is 24.8 Å². The van der Waals surface area contributed by atoms with E-state index in [4.69, 9.17) is 15.6 Å². The molecule has 0 atom stereocenters. The van der Waals surface area contributed by atoms with E-state index in [1.54, 1.807) is 6.20 Å². The number of fused-ring (bicyclic) bond motifs is 1. The topological polar surface area (TPSA) is 101 Å². The summed E-state index contributed by atoms with van der Waals surface area (Å²) in [6.07, 6.45) is 3.20. The van der Waals surface area contributed by atoms with Gasteiger partial charge in [-0.25, -0.2) is 4.98 Å². The van der Waals surface area contributed by atoms with E-state index in [0.29, 0.717) is 29.7 Å². The lowest BCUT2D eigenvalue weighted by molar-refractivity contribution is 0.188. The maximum atomic E-state index is 9.08. The van der Waals surface area contributed by atoms with Crippen LogP contribution in [-0.2, 0) is 0 Å². The first-order valence-electron chi connectivity index (χ1n) is 8.96. The molecule has 0 amide bonds. The van der Waals surface area contributed by atoms with E-state index < -0.39 is 0 Å². The van der Waals surface area contributed by atoms with Crippen LogP contribution in [0, 0.1) is 0 Å². The third-order valence-electron chi connectivity index (χ3n) is 4.72. The van der Waals surface area contributed by atoms with Crippen LogP contribution in [0.3, 0.4) is 0 Å². The lowest BCUT2D eigenvalue weighted by Crippen LogP contribution is -2.47. The van der Waals surface area contributed by atoms with Gasteiger partial charge in [-0.3, -0.25) is 9.88 Å². The van der Waals surface area contributed by atoms with Crippen molar-refractivity contribution in [1.82, 2.24) is 19.9 Å². The van der Waals surface area contributed by atoms with Crippen LogP contribution in [0.1, 0.15) is 0 Å². The largest absolute Gasteiger partial charge is 0.435 e. The molecule has 0 spiro atoms. The second-order valence-electron chi connectivity index (χ2n) is 6.40. The molecule has 1 aliphatic heterocycles. The summed E-state index contributed by atoms with van der Waals surface area (Å²) in [5.41, 5.74) is 7.51. The molecule has 0 radical (unpaired) electrons. The van der Waals surface area contributed by atoms with Crippen LogP contribution in [0.4, 0.5) is 11.5 Å². The number of nitrogens with two attached hydrogens (primary N) is 1. The fourth-order valence-electron chi connectivity index (χ4n) is 3.29. The highest BCUT2D eigenvalue weighted by atomic mass is 16.5. The summed E-state index contributed by atoms with van der Waals surface area (Å²) in [7, 11) is 0. The quantitative estimate of drug-likeness (QED) is 0.701. The molecule has 3 aromatic rings. The van der Waals surface area contributed by atoms with Crippen molar-refractivity contribution < 1.29 is 9.84 Å². The van der Waals surface area contributed by atoms with Crippen LogP contribution in [0.25, 0.3) is 10.9 Å². The van der Waals surface area contributed by atoms with Gasteiger partial charge in [0.05, 0.1) is 6.61 Å². The Morgan fingerprint density at radius 2 is 1.85 bits per heavy atom. The number of anilines is 2. The highest BCUT2D eigenvalue weighted by Crippen LogP contribution is 2.34. The summed E-state index contributed by atoms with van der Waals surface area (Å²) in [6.45, 7) is 4.15. The number of rotatable bonds is 5. The zero-order valence-electron chi connectivity index (χ0n) is 15.0. The molecule has 3 N–H and O–H groups in total. The molecule has 1 fully saturated rings. The molecule has 2 aromatic heterocycles. The van der Waals surface area contributed by atoms with Gasteiger partial charge in [0.2, 0.25) is 5.88 Å². The zero-order valence-corrected chi connectivity index (χ0v) is 15.0. The van der Waals surface area contributed by atoms with E-state index in [1.165, 1.54) is 6.33 Å². The molecule has 1 aromatic carbocycles. The van der Waals surface area contributed by atoms with E-state index in [1.807, 2.05) is 30.3 Å². The van der Waals surface area contributed by atoms with Crippen molar-refractivity contribution in [1.29, 1.82) is 0 Å². The number of aliphatic hydroxyl groups excluding tert-OH is 1. The van der Waals surface area contributed by atoms with Crippen molar-refractivity contribution in [3.63, 3.8) is 0 Å². The van der Waals surface area contributed by atoms with Crippen molar-refractivity contribution in [2.45, 2.75) is 0 Å². The number of benzene rings is 1. The number of aliphatic hydroxyl groups is 1. The Balaban J connectivity index is 1.57. The van der Waals surface area contributed by atoms with Crippen LogP contribution in [0.2, 0.25) is 0 Å². The lowest BCUT2D eigenvalue weighted by Gasteiger charge is -2.35. The maximum Gasteiger partial charge on any atom is 0.248 e. The number of piperazine rings is 1. The lowest BCUT2D eigenvalue weighted by atomic mass is 10.2. The zero-order chi connectivity index (χ0) is 18.6. The first kappa shape index (κ1) is 17.4. The Morgan fingerprint density at radius 3 is 2.67 bits per heavy atom. The smallest absolute Gasteiger partial charge is 0.248 e. The molecule has 0 bridgehead atoms. The fraction of sp³-hybridized carbons (Fsp3) is 0.316. The summed E-state index contributed by atoms with van der Waals surface area (Å²) in [6, 6.07) is 9.62.